The van der Waals surface area contributed by atoms with Gasteiger partial charge in [-0.3, -0.25) is 13.9 Å². The first-order valence-corrected chi connectivity index (χ1v) is 10.0. The number of halogens is 1. The van der Waals surface area contributed by atoms with E-state index in [1.54, 1.807) is 7.05 Å². The molecule has 3 heterocycles. The minimum absolute atomic E-state index is 0.259. The molecule has 0 bridgehead atoms. The standard InChI is InChI=1S/C20H24ClN5O2/c1-4-5-9-24-18(27)16-17(23(3)20(24)28)22-19-25(11-13(2)12-26(16)19)15-8-6-7-14(21)10-15/h6-8,10,13H,4-5,9,11-12H2,1-3H3/t13-/m1/s1. The highest BCUT2D eigenvalue weighted by atomic mass is 35.5. The van der Waals surface area contributed by atoms with E-state index in [0.29, 0.717) is 41.1 Å². The molecule has 8 heteroatoms. The molecule has 0 fully saturated rings. The Bertz CT molecular complexity index is 1160. The second-order valence-corrected chi connectivity index (χ2v) is 7.98. The van der Waals surface area contributed by atoms with E-state index in [1.165, 1.54) is 9.13 Å². The summed E-state index contributed by atoms with van der Waals surface area (Å²) in [6, 6.07) is 7.60. The Kier molecular flexibility index (Phi) is 4.79. The predicted molar refractivity (Wildman–Crippen MR) is 112 cm³/mol. The topological polar surface area (TPSA) is 65.1 Å². The van der Waals surface area contributed by atoms with Crippen molar-refractivity contribution in [1.82, 2.24) is 18.7 Å². The third kappa shape index (κ3) is 2.94. The summed E-state index contributed by atoms with van der Waals surface area (Å²) < 4.78 is 4.77. The maximum atomic E-state index is 13.2. The molecule has 0 radical (unpaired) electrons. The largest absolute Gasteiger partial charge is 0.332 e. The fourth-order valence-electron chi connectivity index (χ4n) is 3.88. The Balaban J connectivity index is 1.98. The fraction of sp³-hybridized carbons (Fsp3) is 0.450. The molecule has 28 heavy (non-hydrogen) atoms. The molecule has 0 amide bonds. The normalized spacial score (nSPS) is 16.6. The van der Waals surface area contributed by atoms with Crippen LogP contribution in [0.15, 0.2) is 33.9 Å². The first-order valence-electron chi connectivity index (χ1n) is 9.65. The van der Waals surface area contributed by atoms with Crippen LogP contribution in [-0.2, 0) is 20.1 Å². The van der Waals surface area contributed by atoms with Crippen molar-refractivity contribution >= 4 is 34.4 Å². The lowest BCUT2D eigenvalue weighted by molar-refractivity contribution is 0.457. The molecule has 7 nitrogen and oxygen atoms in total. The van der Waals surface area contributed by atoms with Crippen LogP contribution in [0.4, 0.5) is 11.6 Å². The van der Waals surface area contributed by atoms with Crippen LogP contribution in [0.25, 0.3) is 11.2 Å². The highest BCUT2D eigenvalue weighted by molar-refractivity contribution is 6.30. The van der Waals surface area contributed by atoms with Crippen LogP contribution in [0.3, 0.4) is 0 Å². The van der Waals surface area contributed by atoms with Gasteiger partial charge >= 0.3 is 5.69 Å². The summed E-state index contributed by atoms with van der Waals surface area (Å²) in [5, 5.41) is 0.646. The number of anilines is 2. The van der Waals surface area contributed by atoms with Gasteiger partial charge in [0.1, 0.15) is 0 Å². The van der Waals surface area contributed by atoms with Crippen LogP contribution in [0.1, 0.15) is 26.7 Å². The van der Waals surface area contributed by atoms with E-state index in [9.17, 15) is 9.59 Å². The molecule has 0 spiro atoms. The smallest absolute Gasteiger partial charge is 0.312 e. The van der Waals surface area contributed by atoms with E-state index >= 15 is 0 Å². The summed E-state index contributed by atoms with van der Waals surface area (Å²) in [4.78, 5) is 32.7. The van der Waals surface area contributed by atoms with E-state index in [4.69, 9.17) is 16.6 Å². The average Bonchev–Trinajstić information content (AvgIpc) is 3.05. The highest BCUT2D eigenvalue weighted by Gasteiger charge is 2.29. The van der Waals surface area contributed by atoms with Crippen molar-refractivity contribution in [2.24, 2.45) is 13.0 Å². The molecule has 0 saturated heterocycles. The fourth-order valence-corrected chi connectivity index (χ4v) is 4.06. The first kappa shape index (κ1) is 18.8. The van der Waals surface area contributed by atoms with Gasteiger partial charge in [-0.1, -0.05) is 37.9 Å². The molecule has 0 aliphatic carbocycles. The summed E-state index contributed by atoms with van der Waals surface area (Å²) in [6.45, 7) is 6.06. The number of rotatable bonds is 4. The van der Waals surface area contributed by atoms with E-state index in [-0.39, 0.29) is 11.2 Å². The van der Waals surface area contributed by atoms with Gasteiger partial charge in [0.2, 0.25) is 5.95 Å². The van der Waals surface area contributed by atoms with Crippen LogP contribution in [-0.4, -0.2) is 25.2 Å². The Morgan fingerprint density at radius 1 is 1.25 bits per heavy atom. The molecule has 0 saturated carbocycles. The minimum atomic E-state index is -0.316. The van der Waals surface area contributed by atoms with E-state index < -0.39 is 0 Å². The van der Waals surface area contributed by atoms with Crippen molar-refractivity contribution in [2.75, 3.05) is 11.4 Å². The van der Waals surface area contributed by atoms with Gasteiger partial charge in [-0.05, 0) is 30.5 Å². The lowest BCUT2D eigenvalue weighted by Crippen LogP contribution is -2.40. The number of fused-ring (bicyclic) bond motifs is 3. The Hall–Kier alpha value is -2.54. The zero-order valence-electron chi connectivity index (χ0n) is 16.4. The van der Waals surface area contributed by atoms with Crippen molar-refractivity contribution in [3.05, 3.63) is 50.1 Å². The molecule has 0 N–H and O–H groups in total. The van der Waals surface area contributed by atoms with Crippen LogP contribution in [0, 0.1) is 5.92 Å². The number of hydrogen-bond acceptors (Lipinski definition) is 4. The summed E-state index contributed by atoms with van der Waals surface area (Å²) in [6.07, 6.45) is 1.70. The second-order valence-electron chi connectivity index (χ2n) is 7.54. The van der Waals surface area contributed by atoms with Crippen LogP contribution >= 0.6 is 11.6 Å². The zero-order valence-corrected chi connectivity index (χ0v) is 17.1. The van der Waals surface area contributed by atoms with Gasteiger partial charge < -0.3 is 9.47 Å². The number of nitrogens with zero attached hydrogens (tertiary/aromatic N) is 5. The number of hydrogen-bond donors (Lipinski definition) is 0. The second kappa shape index (κ2) is 7.13. The number of unbranched alkanes of at least 4 members (excludes halogenated alkanes) is 1. The van der Waals surface area contributed by atoms with Crippen molar-refractivity contribution < 1.29 is 0 Å². The molecule has 1 aliphatic rings. The van der Waals surface area contributed by atoms with Crippen molar-refractivity contribution in [3.63, 3.8) is 0 Å². The Labute approximate surface area is 167 Å². The minimum Gasteiger partial charge on any atom is -0.312 e. The van der Waals surface area contributed by atoms with Gasteiger partial charge in [0.15, 0.2) is 11.2 Å². The number of aromatic nitrogens is 4. The SMILES string of the molecule is CCCCn1c(=O)c2c(nc3n2C[C@H](C)CN3c2cccc(Cl)c2)n(C)c1=O. The van der Waals surface area contributed by atoms with Crippen molar-refractivity contribution in [3.8, 4) is 0 Å². The highest BCUT2D eigenvalue weighted by Crippen LogP contribution is 2.33. The molecule has 2 aromatic heterocycles. The predicted octanol–water partition coefficient (Wildman–Crippen LogP) is 3.14. The van der Waals surface area contributed by atoms with Gasteiger partial charge in [-0.15, -0.1) is 0 Å². The lowest BCUT2D eigenvalue weighted by Gasteiger charge is -2.33. The van der Waals surface area contributed by atoms with Crippen molar-refractivity contribution in [2.45, 2.75) is 39.8 Å². The molecule has 1 aromatic carbocycles. The maximum Gasteiger partial charge on any atom is 0.332 e. The average molecular weight is 402 g/mol. The summed E-state index contributed by atoms with van der Waals surface area (Å²) >= 11 is 6.19. The molecule has 4 rings (SSSR count). The Morgan fingerprint density at radius 3 is 2.75 bits per heavy atom. The quantitative estimate of drug-likeness (QED) is 0.673. The van der Waals surface area contributed by atoms with Crippen LogP contribution < -0.4 is 16.1 Å². The number of imidazole rings is 1. The van der Waals surface area contributed by atoms with Gasteiger partial charge in [0.25, 0.3) is 5.56 Å². The van der Waals surface area contributed by atoms with Crippen LogP contribution in [0.5, 0.6) is 0 Å². The molecule has 0 unspecified atom stereocenters. The summed E-state index contributed by atoms with van der Waals surface area (Å²) in [7, 11) is 1.68. The first-order chi connectivity index (χ1) is 13.4. The molecular formula is C20H24ClN5O2. The van der Waals surface area contributed by atoms with Gasteiger partial charge in [-0.25, -0.2) is 4.79 Å². The molecule has 3 aromatic rings. The molecule has 148 valence electrons. The summed E-state index contributed by atoms with van der Waals surface area (Å²) in [5.74, 6) is 0.986. The molecule has 1 aliphatic heterocycles. The number of aryl methyl sites for hydroxylation is 1. The molecule has 1 atom stereocenters. The Morgan fingerprint density at radius 2 is 2.04 bits per heavy atom. The van der Waals surface area contributed by atoms with Gasteiger partial charge in [0, 0.05) is 37.4 Å². The maximum absolute atomic E-state index is 13.2. The lowest BCUT2D eigenvalue weighted by atomic mass is 10.1. The van der Waals surface area contributed by atoms with Crippen LogP contribution in [0.2, 0.25) is 5.02 Å². The van der Waals surface area contributed by atoms with Gasteiger partial charge in [0.05, 0.1) is 0 Å². The third-order valence-electron chi connectivity index (χ3n) is 5.30. The van der Waals surface area contributed by atoms with E-state index in [0.717, 1.165) is 25.1 Å². The third-order valence-corrected chi connectivity index (χ3v) is 5.53. The zero-order chi connectivity index (χ0) is 20.0. The summed E-state index contributed by atoms with van der Waals surface area (Å²) in [5.41, 5.74) is 1.27. The monoisotopic (exact) mass is 401 g/mol. The van der Waals surface area contributed by atoms with Crippen molar-refractivity contribution in [1.29, 1.82) is 0 Å². The van der Waals surface area contributed by atoms with E-state index in [1.807, 2.05) is 35.8 Å². The van der Waals surface area contributed by atoms with E-state index in [2.05, 4.69) is 11.8 Å². The molecular weight excluding hydrogens is 378 g/mol. The van der Waals surface area contributed by atoms with Gasteiger partial charge in [-0.2, -0.15) is 4.98 Å². The number of benzene rings is 1.